The second-order valence-electron chi connectivity index (χ2n) is 4.43. The van der Waals surface area contributed by atoms with Crippen LogP contribution in [-0.2, 0) is 6.61 Å². The normalized spacial score (nSPS) is 10.7. The van der Waals surface area contributed by atoms with Crippen LogP contribution in [0.15, 0.2) is 51.5 Å². The number of ether oxygens (including phenoxy) is 1. The molecule has 0 unspecified atom stereocenters. The zero-order chi connectivity index (χ0) is 14.8. The van der Waals surface area contributed by atoms with Crippen molar-refractivity contribution in [2.45, 2.75) is 6.61 Å². The summed E-state index contributed by atoms with van der Waals surface area (Å²) >= 11 is 3.43. The summed E-state index contributed by atoms with van der Waals surface area (Å²) < 4.78 is 11.5. The predicted octanol–water partition coefficient (Wildman–Crippen LogP) is 3.87. The van der Waals surface area contributed by atoms with E-state index < -0.39 is 5.97 Å². The monoisotopic (exact) mass is 347 g/mol. The first-order chi connectivity index (χ1) is 10.1. The molecule has 1 heterocycles. The van der Waals surface area contributed by atoms with Gasteiger partial charge in [0.1, 0.15) is 12.4 Å². The summed E-state index contributed by atoms with van der Waals surface area (Å²) in [5.41, 5.74) is -0.128. The summed E-state index contributed by atoms with van der Waals surface area (Å²) in [5.74, 6) is -0.0808. The first-order valence-corrected chi connectivity index (χ1v) is 6.92. The molecule has 0 radical (unpaired) electrons. The minimum Gasteiger partial charge on any atom is -0.486 e. The van der Waals surface area contributed by atoms with Gasteiger partial charge in [0.25, 0.3) is 0 Å². The van der Waals surface area contributed by atoms with Crippen LogP contribution >= 0.6 is 15.9 Å². The van der Waals surface area contributed by atoms with Crippen molar-refractivity contribution in [2.75, 3.05) is 0 Å². The zero-order valence-corrected chi connectivity index (χ0v) is 12.3. The highest BCUT2D eigenvalue weighted by Crippen LogP contribution is 2.24. The van der Waals surface area contributed by atoms with Crippen molar-refractivity contribution >= 4 is 32.7 Å². The van der Waals surface area contributed by atoms with Gasteiger partial charge in [-0.15, -0.1) is 0 Å². The second-order valence-corrected chi connectivity index (χ2v) is 5.34. The summed E-state index contributed by atoms with van der Waals surface area (Å²) in [6, 6.07) is 13.0. The lowest BCUT2D eigenvalue weighted by Crippen LogP contribution is -1.96. The molecule has 0 aliphatic heterocycles. The van der Waals surface area contributed by atoms with Crippen molar-refractivity contribution in [2.24, 2.45) is 0 Å². The van der Waals surface area contributed by atoms with Crippen LogP contribution in [0.5, 0.6) is 5.75 Å². The van der Waals surface area contributed by atoms with Crippen LogP contribution in [0, 0.1) is 0 Å². The van der Waals surface area contributed by atoms with E-state index in [-0.39, 0.29) is 12.3 Å². The Morgan fingerprint density at radius 2 is 1.95 bits per heavy atom. The third-order valence-corrected chi connectivity index (χ3v) is 3.43. The number of fused-ring (bicyclic) bond motifs is 1. The summed E-state index contributed by atoms with van der Waals surface area (Å²) in [6.07, 6.45) is 0. The summed E-state index contributed by atoms with van der Waals surface area (Å²) in [7, 11) is 0. The van der Waals surface area contributed by atoms with Gasteiger partial charge in [0.15, 0.2) is 11.5 Å². The smallest absolute Gasteiger partial charge is 0.358 e. The fourth-order valence-corrected chi connectivity index (χ4v) is 2.30. The molecule has 0 amide bonds. The maximum absolute atomic E-state index is 10.7. The molecule has 3 rings (SSSR count). The van der Waals surface area contributed by atoms with Crippen LogP contribution in [0.1, 0.15) is 16.2 Å². The third kappa shape index (κ3) is 3.05. The van der Waals surface area contributed by atoms with E-state index in [9.17, 15) is 4.79 Å². The Morgan fingerprint density at radius 1 is 1.19 bits per heavy atom. The van der Waals surface area contributed by atoms with E-state index in [1.165, 1.54) is 6.07 Å². The van der Waals surface area contributed by atoms with Crippen LogP contribution in [0.4, 0.5) is 0 Å². The summed E-state index contributed by atoms with van der Waals surface area (Å²) in [5, 5.41) is 14.3. The van der Waals surface area contributed by atoms with Crippen LogP contribution in [0.2, 0.25) is 0 Å². The number of hydrogen-bond acceptors (Lipinski definition) is 4. The summed E-state index contributed by atoms with van der Waals surface area (Å²) in [6.45, 7) is 0.127. The van der Waals surface area contributed by atoms with Crippen LogP contribution in [0.25, 0.3) is 10.8 Å². The van der Waals surface area contributed by atoms with Gasteiger partial charge in [0.2, 0.25) is 0 Å². The number of nitrogens with zero attached hydrogens (tertiary/aromatic N) is 1. The molecule has 2 aromatic carbocycles. The van der Waals surface area contributed by atoms with Gasteiger partial charge in [-0.25, -0.2) is 4.79 Å². The van der Waals surface area contributed by atoms with Crippen molar-refractivity contribution in [3.05, 3.63) is 58.4 Å². The predicted molar refractivity (Wildman–Crippen MR) is 79.4 cm³/mol. The number of carbonyl (C=O) groups is 1. The molecule has 0 spiro atoms. The maximum atomic E-state index is 10.7. The fraction of sp³-hybridized carbons (Fsp3) is 0.0667. The Balaban J connectivity index is 1.75. The highest BCUT2D eigenvalue weighted by Gasteiger charge is 2.11. The van der Waals surface area contributed by atoms with E-state index >= 15 is 0 Å². The van der Waals surface area contributed by atoms with Crippen LogP contribution < -0.4 is 4.74 Å². The molecule has 0 atom stereocenters. The first kappa shape index (κ1) is 13.6. The highest BCUT2D eigenvalue weighted by molar-refractivity contribution is 9.10. The average molecular weight is 348 g/mol. The number of aromatic carboxylic acids is 1. The van der Waals surface area contributed by atoms with Gasteiger partial charge in [-0.05, 0) is 35.0 Å². The van der Waals surface area contributed by atoms with Gasteiger partial charge in [-0.3, -0.25) is 0 Å². The molecule has 0 fully saturated rings. The zero-order valence-electron chi connectivity index (χ0n) is 10.7. The summed E-state index contributed by atoms with van der Waals surface area (Å²) in [4.78, 5) is 10.7. The molecular formula is C15H10BrNO4. The van der Waals surface area contributed by atoms with Crippen LogP contribution in [0.3, 0.4) is 0 Å². The van der Waals surface area contributed by atoms with Crippen LogP contribution in [-0.4, -0.2) is 16.2 Å². The highest BCUT2D eigenvalue weighted by atomic mass is 79.9. The fourth-order valence-electron chi connectivity index (χ4n) is 1.92. The maximum Gasteiger partial charge on any atom is 0.358 e. The molecule has 5 nitrogen and oxygen atoms in total. The molecular weight excluding hydrogens is 338 g/mol. The van der Waals surface area contributed by atoms with Crippen molar-refractivity contribution < 1.29 is 19.2 Å². The number of carboxylic acids is 1. The van der Waals surface area contributed by atoms with E-state index in [0.717, 1.165) is 15.2 Å². The van der Waals surface area contributed by atoms with Crippen molar-refractivity contribution in [1.29, 1.82) is 0 Å². The van der Waals surface area contributed by atoms with E-state index in [4.69, 9.17) is 14.4 Å². The standard InChI is InChI=1S/C15H10BrNO4/c16-11-3-1-10-6-12(4-2-9(10)5-11)20-8-13-7-14(15(18)19)17-21-13/h1-7H,8H2,(H,18,19). The molecule has 1 aromatic heterocycles. The minimum absolute atomic E-state index is 0.127. The minimum atomic E-state index is -1.12. The van der Waals surface area contributed by atoms with Gasteiger partial charge in [0, 0.05) is 10.5 Å². The Kier molecular flexibility index (Phi) is 3.62. The lowest BCUT2D eigenvalue weighted by atomic mass is 10.1. The number of carboxylic acid groups (broad SMARTS) is 1. The molecule has 0 aliphatic rings. The second kappa shape index (κ2) is 5.57. The topological polar surface area (TPSA) is 72.6 Å². The molecule has 0 bridgehead atoms. The Hall–Kier alpha value is -2.34. The number of benzene rings is 2. The molecule has 6 heteroatoms. The Bertz CT molecular complexity index is 812. The average Bonchev–Trinajstić information content (AvgIpc) is 2.94. The van der Waals surface area contributed by atoms with Crippen molar-refractivity contribution in [1.82, 2.24) is 5.16 Å². The third-order valence-electron chi connectivity index (χ3n) is 2.93. The molecule has 3 aromatic rings. The quantitative estimate of drug-likeness (QED) is 0.775. The van der Waals surface area contributed by atoms with Gasteiger partial charge >= 0.3 is 5.97 Å². The molecule has 106 valence electrons. The van der Waals surface area contributed by atoms with Gasteiger partial charge in [-0.2, -0.15) is 0 Å². The Labute approximate surface area is 128 Å². The number of hydrogen-bond donors (Lipinski definition) is 1. The molecule has 0 saturated heterocycles. The largest absolute Gasteiger partial charge is 0.486 e. The van der Waals surface area contributed by atoms with E-state index in [2.05, 4.69) is 21.1 Å². The van der Waals surface area contributed by atoms with Gasteiger partial charge in [0.05, 0.1) is 0 Å². The molecule has 0 saturated carbocycles. The number of halogens is 1. The van der Waals surface area contributed by atoms with Gasteiger partial charge in [-0.1, -0.05) is 33.2 Å². The Morgan fingerprint density at radius 3 is 2.71 bits per heavy atom. The lowest BCUT2D eigenvalue weighted by molar-refractivity contribution is 0.0685. The lowest BCUT2D eigenvalue weighted by Gasteiger charge is -2.05. The van der Waals surface area contributed by atoms with E-state index in [1.807, 2.05) is 36.4 Å². The molecule has 21 heavy (non-hydrogen) atoms. The van der Waals surface area contributed by atoms with Crippen molar-refractivity contribution in [3.63, 3.8) is 0 Å². The van der Waals surface area contributed by atoms with E-state index in [0.29, 0.717) is 11.5 Å². The number of aromatic nitrogens is 1. The molecule has 0 aliphatic carbocycles. The molecule has 1 N–H and O–H groups in total. The van der Waals surface area contributed by atoms with Gasteiger partial charge < -0.3 is 14.4 Å². The number of rotatable bonds is 4. The first-order valence-electron chi connectivity index (χ1n) is 6.13. The van der Waals surface area contributed by atoms with Crippen molar-refractivity contribution in [3.8, 4) is 5.75 Å². The SMILES string of the molecule is O=C(O)c1cc(COc2ccc3cc(Br)ccc3c2)on1. The van der Waals surface area contributed by atoms with E-state index in [1.54, 1.807) is 0 Å².